The van der Waals surface area contributed by atoms with Crippen LogP contribution < -0.4 is 16.0 Å². The van der Waals surface area contributed by atoms with Crippen LogP contribution in [-0.4, -0.2) is 62.2 Å². The molecule has 258 valence electrons. The van der Waals surface area contributed by atoms with Crippen LogP contribution >= 0.6 is 11.6 Å². The number of alkyl halides is 3. The Hall–Kier alpha value is -5.58. The number of carbonyl (C=O) groups is 4. The van der Waals surface area contributed by atoms with Crippen LogP contribution in [-0.2, 0) is 14.3 Å². The Morgan fingerprint density at radius 3 is 2.55 bits per heavy atom. The number of benzene rings is 2. The van der Waals surface area contributed by atoms with Gasteiger partial charge in [0.05, 0.1) is 35.8 Å². The zero-order valence-corrected chi connectivity index (χ0v) is 26.5. The van der Waals surface area contributed by atoms with E-state index in [1.807, 2.05) is 13.0 Å². The number of nitrogens with zero attached hydrogens (tertiary/aromatic N) is 4. The van der Waals surface area contributed by atoms with Gasteiger partial charge in [-0.25, -0.2) is 18.7 Å². The van der Waals surface area contributed by atoms with E-state index in [9.17, 15) is 31.9 Å². The SMILES string of the molecule is COC(=O)Nc1ccc2c(c1)NC(=O)[C@H](C)CCC[C@H](NC(=O)c1cn(-c3cccc(Cl)c3F)nn1)c1cc-2ccn1.O=C(O)C(F)(F)F. The molecule has 0 spiro atoms. The van der Waals surface area contributed by atoms with Gasteiger partial charge in [0.1, 0.15) is 5.69 Å². The fraction of sp³-hybridized carbons (Fsp3) is 0.258. The molecule has 0 saturated carbocycles. The number of methoxy groups -OCH3 is 1. The standard InChI is InChI=1S/C29H27ClFN7O4.C2HF3O2/c1-16-5-3-7-21(34-28(40)24-15-38(37-36-24)25-8-4-6-20(30)26(25)31)23-13-17(11-12-32-23)19-10-9-18(33-29(41)42-2)14-22(19)35-27(16)39;3-2(4,5)1(6)7/h4,6,8-16,21H,3,5,7H2,1-2H3,(H,33,41)(H,34,40)(H,35,39);(H,6,7)/t16-,21+;/m1./s1. The molecule has 4 aromatic rings. The molecule has 4 N–H and O–H groups in total. The number of fused-ring (bicyclic) bond motifs is 4. The summed E-state index contributed by atoms with van der Waals surface area (Å²) in [6.07, 6.45) is -1.09. The highest BCUT2D eigenvalue weighted by molar-refractivity contribution is 6.30. The predicted octanol–water partition coefficient (Wildman–Crippen LogP) is 6.16. The van der Waals surface area contributed by atoms with E-state index >= 15 is 0 Å². The van der Waals surface area contributed by atoms with E-state index < -0.39 is 36.0 Å². The molecule has 0 unspecified atom stereocenters. The van der Waals surface area contributed by atoms with Crippen molar-refractivity contribution in [1.82, 2.24) is 25.3 Å². The molecule has 13 nitrogen and oxygen atoms in total. The summed E-state index contributed by atoms with van der Waals surface area (Å²) in [4.78, 5) is 51.5. The van der Waals surface area contributed by atoms with Gasteiger partial charge in [-0.2, -0.15) is 13.2 Å². The number of pyridine rings is 1. The number of aromatic nitrogens is 4. The van der Waals surface area contributed by atoms with Crippen molar-refractivity contribution < 1.29 is 46.6 Å². The molecule has 0 aliphatic carbocycles. The average Bonchev–Trinajstić information content (AvgIpc) is 3.55. The Balaban J connectivity index is 0.000000698. The van der Waals surface area contributed by atoms with Crippen molar-refractivity contribution in [3.63, 3.8) is 0 Å². The number of halogens is 5. The van der Waals surface area contributed by atoms with Crippen LogP contribution in [0.5, 0.6) is 0 Å². The zero-order chi connectivity index (χ0) is 35.9. The molecule has 18 heteroatoms. The van der Waals surface area contributed by atoms with E-state index in [1.165, 1.54) is 25.4 Å². The molecule has 5 rings (SSSR count). The van der Waals surface area contributed by atoms with Crippen molar-refractivity contribution in [3.05, 3.63) is 83.2 Å². The van der Waals surface area contributed by atoms with E-state index in [1.54, 1.807) is 36.5 Å². The molecule has 2 aromatic carbocycles. The highest BCUT2D eigenvalue weighted by Gasteiger charge is 2.38. The number of rotatable bonds is 4. The summed E-state index contributed by atoms with van der Waals surface area (Å²) in [7, 11) is 1.27. The maximum absolute atomic E-state index is 14.5. The van der Waals surface area contributed by atoms with Crippen LogP contribution in [0.4, 0.5) is 33.7 Å². The second-order valence-corrected chi connectivity index (χ2v) is 11.0. The number of carboxylic acids is 1. The van der Waals surface area contributed by atoms with Gasteiger partial charge in [0.15, 0.2) is 11.5 Å². The highest BCUT2D eigenvalue weighted by Crippen LogP contribution is 2.34. The molecule has 2 aromatic heterocycles. The number of hydrogen-bond donors (Lipinski definition) is 4. The van der Waals surface area contributed by atoms with Crippen LogP contribution in [0.1, 0.15) is 48.4 Å². The number of anilines is 2. The van der Waals surface area contributed by atoms with Crippen molar-refractivity contribution >= 4 is 46.9 Å². The summed E-state index contributed by atoms with van der Waals surface area (Å²) in [5.41, 5.74) is 3.05. The smallest absolute Gasteiger partial charge is 0.475 e. The van der Waals surface area contributed by atoms with Crippen molar-refractivity contribution in [3.8, 4) is 16.8 Å². The van der Waals surface area contributed by atoms with Crippen LogP contribution in [0, 0.1) is 11.7 Å². The van der Waals surface area contributed by atoms with Gasteiger partial charge in [0, 0.05) is 23.4 Å². The van der Waals surface area contributed by atoms with Crippen molar-refractivity contribution in [2.75, 3.05) is 17.7 Å². The number of amides is 3. The number of nitrogens with one attached hydrogen (secondary N) is 3. The third-order valence-corrected chi connectivity index (χ3v) is 7.48. The number of carbonyl (C=O) groups excluding carboxylic acids is 3. The van der Waals surface area contributed by atoms with Gasteiger partial charge in [-0.05, 0) is 54.8 Å². The Kier molecular flexibility index (Phi) is 11.5. The van der Waals surface area contributed by atoms with E-state index in [2.05, 4.69) is 36.0 Å². The maximum atomic E-state index is 14.5. The number of hydrogen-bond acceptors (Lipinski definition) is 8. The minimum Gasteiger partial charge on any atom is -0.475 e. The lowest BCUT2D eigenvalue weighted by Crippen LogP contribution is -2.30. The first kappa shape index (κ1) is 36.3. The third kappa shape index (κ3) is 9.28. The van der Waals surface area contributed by atoms with E-state index in [-0.39, 0.29) is 28.2 Å². The summed E-state index contributed by atoms with van der Waals surface area (Å²) in [5.74, 6) is -4.45. The predicted molar refractivity (Wildman–Crippen MR) is 168 cm³/mol. The Bertz CT molecular complexity index is 1870. The Morgan fingerprint density at radius 1 is 1.12 bits per heavy atom. The largest absolute Gasteiger partial charge is 0.490 e. The molecule has 1 aliphatic rings. The van der Waals surface area contributed by atoms with Crippen molar-refractivity contribution in [2.45, 2.75) is 38.4 Å². The van der Waals surface area contributed by atoms with E-state index in [4.69, 9.17) is 21.5 Å². The fourth-order valence-electron chi connectivity index (χ4n) is 4.65. The normalized spacial score (nSPS) is 15.9. The molecular formula is C31H28ClF4N7O6. The van der Waals surface area contributed by atoms with E-state index in [0.29, 0.717) is 41.9 Å². The van der Waals surface area contributed by atoms with Gasteiger partial charge in [-0.15, -0.1) is 5.10 Å². The average molecular weight is 706 g/mol. The first-order valence-electron chi connectivity index (χ1n) is 14.4. The van der Waals surface area contributed by atoms with Crippen LogP contribution in [0.25, 0.3) is 16.8 Å². The van der Waals surface area contributed by atoms with E-state index in [0.717, 1.165) is 10.2 Å². The first-order valence-corrected chi connectivity index (χ1v) is 14.8. The topological polar surface area (TPSA) is 177 Å². The molecule has 49 heavy (non-hydrogen) atoms. The summed E-state index contributed by atoms with van der Waals surface area (Å²) >= 11 is 5.88. The monoisotopic (exact) mass is 705 g/mol. The Labute approximate surface area is 280 Å². The zero-order valence-electron chi connectivity index (χ0n) is 25.7. The molecular weight excluding hydrogens is 678 g/mol. The first-order chi connectivity index (χ1) is 23.2. The summed E-state index contributed by atoms with van der Waals surface area (Å²) in [5, 5.41) is 23.4. The molecule has 2 bridgehead atoms. The van der Waals surface area contributed by atoms with Gasteiger partial charge < -0.3 is 20.5 Å². The third-order valence-electron chi connectivity index (χ3n) is 7.19. The molecule has 0 radical (unpaired) electrons. The minimum atomic E-state index is -5.08. The summed E-state index contributed by atoms with van der Waals surface area (Å²) in [6.45, 7) is 1.83. The second-order valence-electron chi connectivity index (χ2n) is 10.6. The van der Waals surface area contributed by atoms with Crippen LogP contribution in [0.2, 0.25) is 5.02 Å². The molecule has 2 atom stereocenters. The van der Waals surface area contributed by atoms with Gasteiger partial charge >= 0.3 is 18.2 Å². The lowest BCUT2D eigenvalue weighted by molar-refractivity contribution is -0.192. The van der Waals surface area contributed by atoms with Gasteiger partial charge in [-0.1, -0.05) is 42.3 Å². The lowest BCUT2D eigenvalue weighted by Gasteiger charge is -2.22. The number of ether oxygens (including phenoxy) is 1. The highest BCUT2D eigenvalue weighted by atomic mass is 35.5. The molecule has 0 saturated heterocycles. The molecule has 3 amide bonds. The van der Waals surface area contributed by atoms with Gasteiger partial charge in [0.25, 0.3) is 5.91 Å². The van der Waals surface area contributed by atoms with Crippen molar-refractivity contribution in [2.24, 2.45) is 5.92 Å². The minimum absolute atomic E-state index is 0.0135. The van der Waals surface area contributed by atoms with Crippen LogP contribution in [0.15, 0.2) is 60.9 Å². The fourth-order valence-corrected chi connectivity index (χ4v) is 4.82. The number of aliphatic carboxylic acids is 1. The molecule has 1 aliphatic heterocycles. The molecule has 0 fully saturated rings. The van der Waals surface area contributed by atoms with Gasteiger partial charge in [0.2, 0.25) is 5.91 Å². The van der Waals surface area contributed by atoms with Gasteiger partial charge in [-0.3, -0.25) is 19.9 Å². The number of carboxylic acid groups (broad SMARTS) is 1. The van der Waals surface area contributed by atoms with Crippen LogP contribution in [0.3, 0.4) is 0 Å². The Morgan fingerprint density at radius 2 is 1.86 bits per heavy atom. The lowest BCUT2D eigenvalue weighted by atomic mass is 9.95. The molecule has 3 heterocycles. The summed E-state index contributed by atoms with van der Waals surface area (Å²) < 4.78 is 52.1. The quantitative estimate of drug-likeness (QED) is 0.181. The van der Waals surface area contributed by atoms with Crippen molar-refractivity contribution in [1.29, 1.82) is 0 Å². The second kappa shape index (κ2) is 15.5. The summed E-state index contributed by atoms with van der Waals surface area (Å²) in [6, 6.07) is 12.7. The maximum Gasteiger partial charge on any atom is 0.490 e.